The van der Waals surface area contributed by atoms with Gasteiger partial charge in [0.1, 0.15) is 11.5 Å². The highest BCUT2D eigenvalue weighted by molar-refractivity contribution is 5.95. The minimum Gasteiger partial charge on any atom is -0.463 e. The van der Waals surface area contributed by atoms with Crippen molar-refractivity contribution in [3.63, 3.8) is 0 Å². The summed E-state index contributed by atoms with van der Waals surface area (Å²) in [6, 6.07) is 18.6. The summed E-state index contributed by atoms with van der Waals surface area (Å²) in [5, 5.41) is 0. The van der Waals surface area contributed by atoms with Crippen molar-refractivity contribution in [2.75, 3.05) is 6.61 Å². The third-order valence-corrected chi connectivity index (χ3v) is 5.22. The molecule has 1 aliphatic heterocycles. The quantitative estimate of drug-likeness (QED) is 0.422. The number of rotatable bonds is 6. The van der Waals surface area contributed by atoms with Crippen molar-refractivity contribution >= 4 is 17.7 Å². The molecule has 1 aromatic heterocycles. The van der Waals surface area contributed by atoms with Crippen LogP contribution in [-0.4, -0.2) is 36.5 Å². The lowest BCUT2D eigenvalue weighted by atomic mass is 10.1. The highest BCUT2D eigenvalue weighted by atomic mass is 16.6. The Morgan fingerprint density at radius 2 is 1.44 bits per heavy atom. The van der Waals surface area contributed by atoms with Gasteiger partial charge in [0.25, 0.3) is 0 Å². The van der Waals surface area contributed by atoms with Crippen molar-refractivity contribution in [2.45, 2.75) is 32.2 Å². The maximum absolute atomic E-state index is 12.8. The van der Waals surface area contributed by atoms with Crippen LogP contribution in [0.4, 0.5) is 0 Å². The monoisotopic (exact) mass is 434 g/mol. The van der Waals surface area contributed by atoms with E-state index in [-0.39, 0.29) is 12.4 Å². The molecule has 1 aliphatic rings. The molecule has 1 fully saturated rings. The van der Waals surface area contributed by atoms with Crippen LogP contribution >= 0.6 is 0 Å². The maximum atomic E-state index is 12.8. The predicted octanol–water partition coefficient (Wildman–Crippen LogP) is 4.31. The van der Waals surface area contributed by atoms with Crippen LogP contribution < -0.4 is 0 Å². The van der Waals surface area contributed by atoms with Crippen molar-refractivity contribution in [3.05, 3.63) is 94.9 Å². The molecular weight excluding hydrogens is 412 g/mol. The van der Waals surface area contributed by atoms with Gasteiger partial charge in [0, 0.05) is 0 Å². The average Bonchev–Trinajstić information content (AvgIpc) is 3.38. The number of carbonyl (C=O) groups excluding carboxylic acids is 3. The molecule has 0 spiro atoms. The van der Waals surface area contributed by atoms with Gasteiger partial charge in [-0.2, -0.15) is 0 Å². The van der Waals surface area contributed by atoms with E-state index >= 15 is 0 Å². The van der Waals surface area contributed by atoms with Crippen molar-refractivity contribution in [1.29, 1.82) is 0 Å². The second-order valence-corrected chi connectivity index (χ2v) is 7.47. The molecule has 2 aromatic carbocycles. The molecule has 3 aromatic rings. The van der Waals surface area contributed by atoms with Crippen molar-refractivity contribution in [2.24, 2.45) is 0 Å². The van der Waals surface area contributed by atoms with Crippen molar-refractivity contribution < 1.29 is 33.0 Å². The summed E-state index contributed by atoms with van der Waals surface area (Å²) >= 11 is 0. The zero-order chi connectivity index (χ0) is 22.7. The third-order valence-electron chi connectivity index (χ3n) is 5.22. The van der Waals surface area contributed by atoms with Gasteiger partial charge >= 0.3 is 11.9 Å². The maximum Gasteiger partial charge on any atom is 0.338 e. The van der Waals surface area contributed by atoms with Crippen molar-refractivity contribution in [1.82, 2.24) is 0 Å². The molecule has 1 saturated heterocycles. The number of benzene rings is 2. The molecule has 7 nitrogen and oxygen atoms in total. The summed E-state index contributed by atoms with van der Waals surface area (Å²) < 4.78 is 22.9. The molecule has 164 valence electrons. The molecule has 32 heavy (non-hydrogen) atoms. The number of furan rings is 1. The van der Waals surface area contributed by atoms with Crippen LogP contribution in [-0.2, 0) is 14.2 Å². The molecule has 7 heteroatoms. The number of ether oxygens (including phenoxy) is 3. The first kappa shape index (κ1) is 21.5. The van der Waals surface area contributed by atoms with Gasteiger partial charge in [-0.25, -0.2) is 9.59 Å². The lowest BCUT2D eigenvalue weighted by molar-refractivity contribution is -0.0330. The van der Waals surface area contributed by atoms with Crippen LogP contribution in [0.5, 0.6) is 0 Å². The van der Waals surface area contributed by atoms with Gasteiger partial charge < -0.3 is 18.6 Å². The Labute approximate surface area is 184 Å². The van der Waals surface area contributed by atoms with E-state index in [1.807, 2.05) is 0 Å². The zero-order valence-corrected chi connectivity index (χ0v) is 17.6. The zero-order valence-electron chi connectivity index (χ0n) is 17.6. The normalized spacial score (nSPS) is 20.0. The fourth-order valence-corrected chi connectivity index (χ4v) is 3.61. The third kappa shape index (κ3) is 4.48. The van der Waals surface area contributed by atoms with Gasteiger partial charge in [-0.15, -0.1) is 0 Å². The number of Topliss-reactive ketones (excluding diaryl/α,β-unsaturated/α-hetero) is 1. The highest BCUT2D eigenvalue weighted by Gasteiger charge is 2.45. The molecule has 2 heterocycles. The fraction of sp³-hybridized carbons (Fsp3) is 0.240. The molecule has 0 saturated carbocycles. The Bertz CT molecular complexity index is 1120. The summed E-state index contributed by atoms with van der Waals surface area (Å²) in [6.45, 7) is 3.12. The fourth-order valence-electron chi connectivity index (χ4n) is 3.61. The van der Waals surface area contributed by atoms with E-state index in [0.29, 0.717) is 28.2 Å². The summed E-state index contributed by atoms with van der Waals surface area (Å²) in [5.74, 6) is -0.520. The number of ketones is 1. The Morgan fingerprint density at radius 1 is 0.875 bits per heavy atom. The van der Waals surface area contributed by atoms with E-state index in [9.17, 15) is 14.4 Å². The van der Waals surface area contributed by atoms with Gasteiger partial charge in [0.15, 0.2) is 24.1 Å². The van der Waals surface area contributed by atoms with Crippen LogP contribution in [0.25, 0.3) is 0 Å². The average molecular weight is 434 g/mol. The first-order valence-electron chi connectivity index (χ1n) is 10.2. The molecule has 3 unspecified atom stereocenters. The van der Waals surface area contributed by atoms with Crippen LogP contribution in [0.15, 0.2) is 71.1 Å². The molecule has 4 rings (SSSR count). The van der Waals surface area contributed by atoms with Crippen LogP contribution in [0, 0.1) is 6.92 Å². The molecular formula is C25H22O7. The minimum absolute atomic E-state index is 0.00509. The molecule has 0 radical (unpaired) electrons. The lowest BCUT2D eigenvalue weighted by Gasteiger charge is -2.22. The van der Waals surface area contributed by atoms with E-state index in [1.165, 1.54) is 6.92 Å². The van der Waals surface area contributed by atoms with Gasteiger partial charge in [-0.05, 0) is 44.2 Å². The number of hydrogen-bond donors (Lipinski definition) is 0. The number of aryl methyl sites for hydroxylation is 1. The lowest BCUT2D eigenvalue weighted by Crippen LogP contribution is -2.35. The van der Waals surface area contributed by atoms with Gasteiger partial charge in [0.2, 0.25) is 0 Å². The van der Waals surface area contributed by atoms with E-state index in [4.69, 9.17) is 18.6 Å². The molecule has 3 atom stereocenters. The summed E-state index contributed by atoms with van der Waals surface area (Å²) in [5.41, 5.74) is 1.14. The summed E-state index contributed by atoms with van der Waals surface area (Å²) in [4.78, 5) is 37.2. The summed E-state index contributed by atoms with van der Waals surface area (Å²) in [6.07, 6.45) is -2.64. The second kappa shape index (κ2) is 9.20. The smallest absolute Gasteiger partial charge is 0.338 e. The Kier molecular flexibility index (Phi) is 6.18. The van der Waals surface area contributed by atoms with Crippen LogP contribution in [0.1, 0.15) is 55.6 Å². The van der Waals surface area contributed by atoms with E-state index in [0.717, 1.165) is 0 Å². The first-order valence-corrected chi connectivity index (χ1v) is 10.2. The Morgan fingerprint density at radius 3 is 1.97 bits per heavy atom. The summed E-state index contributed by atoms with van der Waals surface area (Å²) in [7, 11) is 0. The van der Waals surface area contributed by atoms with E-state index in [2.05, 4.69) is 0 Å². The van der Waals surface area contributed by atoms with Gasteiger partial charge in [-0.3, -0.25) is 4.79 Å². The predicted molar refractivity (Wildman–Crippen MR) is 113 cm³/mol. The standard InChI is InChI=1S/C25H22O7/c1-15(26)19-13-20(30-16(19)2)22-23(32-25(28)18-11-7-4-8-12-18)21(14-29-22)31-24(27)17-9-5-3-6-10-17/h3-13,21-23H,14H2,1-2H3. The molecule has 0 amide bonds. The topological polar surface area (TPSA) is 92.0 Å². The van der Waals surface area contributed by atoms with E-state index < -0.39 is 30.3 Å². The molecule has 0 bridgehead atoms. The largest absolute Gasteiger partial charge is 0.463 e. The van der Waals surface area contributed by atoms with Gasteiger partial charge in [0.05, 0.1) is 23.3 Å². The van der Waals surface area contributed by atoms with Crippen LogP contribution in [0.3, 0.4) is 0 Å². The SMILES string of the molecule is CC(=O)c1cc(C2OCC(OC(=O)c3ccccc3)C2OC(=O)c2ccccc2)oc1C. The molecule has 0 aliphatic carbocycles. The number of hydrogen-bond acceptors (Lipinski definition) is 7. The number of esters is 2. The number of carbonyl (C=O) groups is 3. The Hall–Kier alpha value is -3.71. The van der Waals surface area contributed by atoms with Crippen molar-refractivity contribution in [3.8, 4) is 0 Å². The van der Waals surface area contributed by atoms with Gasteiger partial charge in [-0.1, -0.05) is 36.4 Å². The second-order valence-electron chi connectivity index (χ2n) is 7.47. The molecule has 0 N–H and O–H groups in total. The highest BCUT2D eigenvalue weighted by Crippen LogP contribution is 2.36. The van der Waals surface area contributed by atoms with Crippen LogP contribution in [0.2, 0.25) is 0 Å². The Balaban J connectivity index is 1.61. The minimum atomic E-state index is -0.958. The van der Waals surface area contributed by atoms with E-state index in [1.54, 1.807) is 73.7 Å². The first-order chi connectivity index (χ1) is 15.4.